The van der Waals surface area contributed by atoms with E-state index in [1.165, 1.54) is 6.33 Å². The first kappa shape index (κ1) is 8.11. The van der Waals surface area contributed by atoms with Gasteiger partial charge in [0.05, 0.1) is 5.52 Å². The first-order chi connectivity index (χ1) is 7.45. The average molecular weight is 196 g/mol. The summed E-state index contributed by atoms with van der Waals surface area (Å²) in [6, 6.07) is 9.95. The zero-order valence-corrected chi connectivity index (χ0v) is 7.88. The summed E-state index contributed by atoms with van der Waals surface area (Å²) in [5.74, 6) is 0.749. The molecule has 1 aromatic carbocycles. The summed E-state index contributed by atoms with van der Waals surface area (Å²) >= 11 is 0. The molecule has 3 rings (SSSR count). The summed E-state index contributed by atoms with van der Waals surface area (Å²) in [7, 11) is 0. The van der Waals surface area contributed by atoms with E-state index < -0.39 is 0 Å². The summed E-state index contributed by atoms with van der Waals surface area (Å²) in [6.07, 6.45) is 3.28. The number of benzene rings is 1. The van der Waals surface area contributed by atoms with Crippen LogP contribution in [-0.4, -0.2) is 20.2 Å². The maximum atomic E-state index is 4.35. The van der Waals surface area contributed by atoms with Gasteiger partial charge < -0.3 is 0 Å². The molecule has 4 heteroatoms. The second kappa shape index (κ2) is 3.16. The van der Waals surface area contributed by atoms with Crippen LogP contribution < -0.4 is 0 Å². The lowest BCUT2D eigenvalue weighted by Crippen LogP contribution is -1.85. The Labute approximate surface area is 86.0 Å². The number of fused-ring (bicyclic) bond motifs is 1. The molecule has 0 radical (unpaired) electrons. The maximum absolute atomic E-state index is 4.35. The normalized spacial score (nSPS) is 10.7. The Morgan fingerprint density at radius 1 is 1.00 bits per heavy atom. The summed E-state index contributed by atoms with van der Waals surface area (Å²) in [4.78, 5) is 8.48. The highest BCUT2D eigenvalue weighted by Gasteiger charge is 2.05. The topological polar surface area (TPSA) is 54.5 Å². The molecule has 2 aromatic heterocycles. The van der Waals surface area contributed by atoms with Gasteiger partial charge in [0.2, 0.25) is 0 Å². The molecule has 0 saturated heterocycles. The van der Waals surface area contributed by atoms with Gasteiger partial charge in [-0.3, -0.25) is 10.1 Å². The molecule has 72 valence electrons. The van der Waals surface area contributed by atoms with Gasteiger partial charge in [-0.2, -0.15) is 5.10 Å². The number of aromatic amines is 1. The van der Waals surface area contributed by atoms with Crippen molar-refractivity contribution in [2.45, 2.75) is 0 Å². The molecular formula is C11H8N4. The smallest absolute Gasteiger partial charge is 0.157 e. The van der Waals surface area contributed by atoms with E-state index >= 15 is 0 Å². The molecule has 1 N–H and O–H groups in total. The van der Waals surface area contributed by atoms with Crippen LogP contribution in [0.2, 0.25) is 0 Å². The van der Waals surface area contributed by atoms with Gasteiger partial charge >= 0.3 is 0 Å². The minimum Gasteiger partial charge on any atom is -0.259 e. The van der Waals surface area contributed by atoms with Crippen LogP contribution in [0.25, 0.3) is 22.3 Å². The Morgan fingerprint density at radius 3 is 2.80 bits per heavy atom. The Kier molecular flexibility index (Phi) is 1.71. The molecule has 2 heterocycles. The molecule has 0 aliphatic rings. The van der Waals surface area contributed by atoms with E-state index in [-0.39, 0.29) is 0 Å². The Hall–Kier alpha value is -2.23. The number of hydrogen-bond donors (Lipinski definition) is 1. The fourth-order valence-electron chi connectivity index (χ4n) is 1.63. The van der Waals surface area contributed by atoms with Gasteiger partial charge in [0, 0.05) is 17.1 Å². The van der Waals surface area contributed by atoms with Gasteiger partial charge in [0.25, 0.3) is 0 Å². The Morgan fingerprint density at radius 2 is 1.93 bits per heavy atom. The number of H-pyrrole nitrogens is 1. The van der Waals surface area contributed by atoms with Crippen LogP contribution in [0, 0.1) is 0 Å². The molecule has 0 aliphatic heterocycles. The van der Waals surface area contributed by atoms with E-state index in [2.05, 4.69) is 20.2 Å². The molecule has 4 nitrogen and oxygen atoms in total. The van der Waals surface area contributed by atoms with Gasteiger partial charge in [0.15, 0.2) is 5.82 Å². The molecule has 0 aliphatic carbocycles. The van der Waals surface area contributed by atoms with E-state index in [1.807, 2.05) is 30.3 Å². The van der Waals surface area contributed by atoms with Gasteiger partial charge in [-0.25, -0.2) is 4.98 Å². The summed E-state index contributed by atoms with van der Waals surface area (Å²) in [5.41, 5.74) is 1.92. The minimum atomic E-state index is 0.749. The number of para-hydroxylation sites is 1. The quantitative estimate of drug-likeness (QED) is 0.647. The van der Waals surface area contributed by atoms with Gasteiger partial charge in [-0.15, -0.1) is 0 Å². The van der Waals surface area contributed by atoms with Crippen molar-refractivity contribution in [2.24, 2.45) is 0 Å². The van der Waals surface area contributed by atoms with Crippen molar-refractivity contribution in [1.82, 2.24) is 20.2 Å². The molecule has 0 amide bonds. The maximum Gasteiger partial charge on any atom is 0.157 e. The molecule has 15 heavy (non-hydrogen) atoms. The highest BCUT2D eigenvalue weighted by molar-refractivity contribution is 5.91. The molecule has 0 spiro atoms. The molecular weight excluding hydrogens is 188 g/mol. The largest absolute Gasteiger partial charge is 0.259 e. The lowest BCUT2D eigenvalue weighted by molar-refractivity contribution is 1.10. The fourth-order valence-corrected chi connectivity index (χ4v) is 1.63. The highest BCUT2D eigenvalue weighted by atomic mass is 15.2. The van der Waals surface area contributed by atoms with E-state index in [4.69, 9.17) is 0 Å². The van der Waals surface area contributed by atoms with Crippen LogP contribution in [0.5, 0.6) is 0 Å². The van der Waals surface area contributed by atoms with E-state index in [0.29, 0.717) is 0 Å². The first-order valence-electron chi connectivity index (χ1n) is 4.64. The summed E-state index contributed by atoms with van der Waals surface area (Å²) in [6.45, 7) is 0. The minimum absolute atomic E-state index is 0.749. The zero-order valence-electron chi connectivity index (χ0n) is 7.88. The predicted octanol–water partition coefficient (Wildman–Crippen LogP) is 2.02. The van der Waals surface area contributed by atoms with Crippen molar-refractivity contribution < 1.29 is 0 Å². The third-order valence-corrected chi connectivity index (χ3v) is 2.30. The van der Waals surface area contributed by atoms with Crippen LogP contribution in [0.1, 0.15) is 0 Å². The van der Waals surface area contributed by atoms with Crippen LogP contribution in [0.15, 0.2) is 42.9 Å². The van der Waals surface area contributed by atoms with Gasteiger partial charge in [-0.05, 0) is 12.1 Å². The van der Waals surface area contributed by atoms with Crippen molar-refractivity contribution in [3.8, 4) is 11.4 Å². The molecule has 0 unspecified atom stereocenters. The van der Waals surface area contributed by atoms with E-state index in [1.54, 1.807) is 6.20 Å². The number of nitrogens with zero attached hydrogens (tertiary/aromatic N) is 3. The lowest BCUT2D eigenvalue weighted by Gasteiger charge is -2.01. The molecule has 3 aromatic rings. The molecule has 0 bridgehead atoms. The van der Waals surface area contributed by atoms with Gasteiger partial charge in [0.1, 0.15) is 6.33 Å². The number of hydrogen-bond acceptors (Lipinski definition) is 3. The fraction of sp³-hybridized carbons (Fsp3) is 0. The second-order valence-corrected chi connectivity index (χ2v) is 3.21. The Bertz CT molecular complexity index is 581. The molecule has 0 saturated carbocycles. The number of rotatable bonds is 1. The Balaban J connectivity index is 2.36. The van der Waals surface area contributed by atoms with Crippen LogP contribution in [-0.2, 0) is 0 Å². The highest BCUT2D eigenvalue weighted by Crippen LogP contribution is 2.23. The standard InChI is InChI=1S/C11H8N4/c1-3-8-4-2-6-12-10(8)9(5-1)11-13-7-14-15-11/h1-7H,(H,13,14,15). The van der Waals surface area contributed by atoms with Crippen LogP contribution in [0.4, 0.5) is 0 Å². The number of pyridine rings is 1. The number of nitrogens with one attached hydrogen (secondary N) is 1. The number of aromatic nitrogens is 4. The van der Waals surface area contributed by atoms with Crippen molar-refractivity contribution in [2.75, 3.05) is 0 Å². The monoisotopic (exact) mass is 196 g/mol. The lowest BCUT2D eigenvalue weighted by atomic mass is 10.1. The van der Waals surface area contributed by atoms with Crippen molar-refractivity contribution in [3.63, 3.8) is 0 Å². The summed E-state index contributed by atoms with van der Waals surface area (Å²) < 4.78 is 0. The van der Waals surface area contributed by atoms with Crippen LogP contribution in [0.3, 0.4) is 0 Å². The summed E-state index contributed by atoms with van der Waals surface area (Å²) in [5, 5.41) is 7.79. The first-order valence-corrected chi connectivity index (χ1v) is 4.64. The van der Waals surface area contributed by atoms with Crippen molar-refractivity contribution >= 4 is 10.9 Å². The third kappa shape index (κ3) is 1.27. The molecule has 0 fully saturated rings. The van der Waals surface area contributed by atoms with E-state index in [9.17, 15) is 0 Å². The molecule has 0 atom stereocenters. The van der Waals surface area contributed by atoms with Crippen molar-refractivity contribution in [3.05, 3.63) is 42.9 Å². The third-order valence-electron chi connectivity index (χ3n) is 2.30. The van der Waals surface area contributed by atoms with E-state index in [0.717, 1.165) is 22.3 Å². The predicted molar refractivity (Wildman–Crippen MR) is 57.1 cm³/mol. The average Bonchev–Trinajstić information content (AvgIpc) is 2.82. The van der Waals surface area contributed by atoms with Gasteiger partial charge in [-0.1, -0.05) is 18.2 Å². The SMILES string of the molecule is c1cnc2c(-c3ncn[nH]3)cccc2c1. The second-order valence-electron chi connectivity index (χ2n) is 3.21. The zero-order chi connectivity index (χ0) is 10.1. The van der Waals surface area contributed by atoms with Crippen molar-refractivity contribution in [1.29, 1.82) is 0 Å². The van der Waals surface area contributed by atoms with Crippen LogP contribution >= 0.6 is 0 Å².